The van der Waals surface area contributed by atoms with Gasteiger partial charge in [-0.15, -0.1) is 11.3 Å². The molecule has 1 aromatic carbocycles. The first-order chi connectivity index (χ1) is 10.5. The van der Waals surface area contributed by atoms with Crippen LogP contribution in [0.25, 0.3) is 0 Å². The van der Waals surface area contributed by atoms with E-state index in [0.717, 1.165) is 21.2 Å². The third-order valence-electron chi connectivity index (χ3n) is 2.98. The zero-order chi connectivity index (χ0) is 16.1. The van der Waals surface area contributed by atoms with Crippen LogP contribution in [-0.2, 0) is 4.74 Å². The van der Waals surface area contributed by atoms with Crippen molar-refractivity contribution in [2.45, 2.75) is 13.8 Å². The first-order valence-corrected chi connectivity index (χ1v) is 8.00. The van der Waals surface area contributed by atoms with Crippen LogP contribution in [0.4, 0.5) is 5.69 Å². The zero-order valence-electron chi connectivity index (χ0n) is 12.6. The van der Waals surface area contributed by atoms with Crippen molar-refractivity contribution in [3.8, 4) is 5.75 Å². The van der Waals surface area contributed by atoms with Gasteiger partial charge in [0.15, 0.2) is 0 Å². The molecular weight excluding hydrogens is 318 g/mol. The minimum absolute atomic E-state index is 0.168. The van der Waals surface area contributed by atoms with Gasteiger partial charge in [-0.1, -0.05) is 0 Å². The van der Waals surface area contributed by atoms with E-state index in [4.69, 9.17) is 21.7 Å². The number of ether oxygens (including phenoxy) is 2. The Bertz CT molecular complexity index is 677. The number of methoxy groups -OCH3 is 1. The molecule has 0 fully saturated rings. The van der Waals surface area contributed by atoms with Crippen LogP contribution in [0.2, 0.25) is 0 Å². The second-order valence-electron chi connectivity index (χ2n) is 4.48. The molecule has 0 aliphatic carbocycles. The summed E-state index contributed by atoms with van der Waals surface area (Å²) in [4.78, 5) is 14.1. The lowest BCUT2D eigenvalue weighted by molar-refractivity contribution is 0.102. The van der Waals surface area contributed by atoms with Gasteiger partial charge in [0.05, 0.1) is 24.3 Å². The number of nitrogens with one attached hydrogen (secondary N) is 1. The Hall–Kier alpha value is -1.92. The Labute approximate surface area is 139 Å². The maximum atomic E-state index is 12.3. The van der Waals surface area contributed by atoms with E-state index >= 15 is 0 Å². The molecule has 0 aliphatic heterocycles. The number of rotatable bonds is 5. The Morgan fingerprint density at radius 1 is 1.32 bits per heavy atom. The molecule has 0 saturated heterocycles. The molecule has 6 heteroatoms. The molecule has 4 nitrogen and oxygen atoms in total. The van der Waals surface area contributed by atoms with E-state index in [0.29, 0.717) is 17.2 Å². The Morgan fingerprint density at radius 2 is 2.00 bits per heavy atom. The topological polar surface area (TPSA) is 47.6 Å². The standard InChI is InChI=1S/C16H17NO3S2/c1-4-20-12-7-5-11(6-8-12)15(18)17-13-9-14(16(21)19-3)22-10(13)2/h5-9H,4H2,1-3H3,(H,17,18). The molecule has 0 radical (unpaired) electrons. The maximum absolute atomic E-state index is 12.3. The summed E-state index contributed by atoms with van der Waals surface area (Å²) in [6.45, 7) is 4.45. The summed E-state index contributed by atoms with van der Waals surface area (Å²) >= 11 is 6.59. The predicted molar refractivity (Wildman–Crippen MR) is 93.3 cm³/mol. The zero-order valence-corrected chi connectivity index (χ0v) is 14.3. The van der Waals surface area contributed by atoms with Crippen LogP contribution in [-0.4, -0.2) is 24.7 Å². The fourth-order valence-electron chi connectivity index (χ4n) is 1.87. The highest BCUT2D eigenvalue weighted by Crippen LogP contribution is 2.27. The van der Waals surface area contributed by atoms with Gasteiger partial charge >= 0.3 is 0 Å². The summed E-state index contributed by atoms with van der Waals surface area (Å²) in [5, 5.41) is 3.32. The monoisotopic (exact) mass is 335 g/mol. The summed E-state index contributed by atoms with van der Waals surface area (Å²) < 4.78 is 10.4. The molecule has 0 aliphatic rings. The van der Waals surface area contributed by atoms with Gasteiger partial charge in [-0.05, 0) is 56.4 Å². The SMILES string of the molecule is CCOc1ccc(C(=O)Nc2cc(C(=S)OC)sc2C)cc1. The third-order valence-corrected chi connectivity index (χ3v) is 4.55. The summed E-state index contributed by atoms with van der Waals surface area (Å²) in [5.41, 5.74) is 1.32. The number of thiophene rings is 1. The quantitative estimate of drug-likeness (QED) is 0.838. The van der Waals surface area contributed by atoms with Crippen molar-refractivity contribution in [3.05, 3.63) is 45.6 Å². The molecule has 0 saturated carbocycles. The molecule has 2 rings (SSSR count). The van der Waals surface area contributed by atoms with Crippen molar-refractivity contribution in [1.82, 2.24) is 0 Å². The molecule has 1 heterocycles. The van der Waals surface area contributed by atoms with Gasteiger partial charge in [0.2, 0.25) is 5.05 Å². The van der Waals surface area contributed by atoms with E-state index in [2.05, 4.69) is 5.32 Å². The van der Waals surface area contributed by atoms with Crippen LogP contribution in [0.1, 0.15) is 27.0 Å². The van der Waals surface area contributed by atoms with Crippen molar-refractivity contribution >= 4 is 40.2 Å². The minimum atomic E-state index is -0.168. The Kier molecular flexibility index (Phi) is 5.51. The Morgan fingerprint density at radius 3 is 2.59 bits per heavy atom. The predicted octanol–water partition coefficient (Wildman–Crippen LogP) is 4.03. The minimum Gasteiger partial charge on any atom is -0.494 e. The molecular formula is C16H17NO3S2. The van der Waals surface area contributed by atoms with E-state index in [-0.39, 0.29) is 5.91 Å². The second-order valence-corrected chi connectivity index (χ2v) is 6.11. The average molecular weight is 335 g/mol. The molecule has 2 aromatic rings. The molecule has 22 heavy (non-hydrogen) atoms. The number of carbonyl (C=O) groups excluding carboxylic acids is 1. The van der Waals surface area contributed by atoms with E-state index < -0.39 is 0 Å². The van der Waals surface area contributed by atoms with Crippen molar-refractivity contribution in [3.63, 3.8) is 0 Å². The molecule has 1 amide bonds. The molecule has 1 N–H and O–H groups in total. The number of hydrogen-bond acceptors (Lipinski definition) is 5. The first kappa shape index (κ1) is 16.5. The van der Waals surface area contributed by atoms with Crippen molar-refractivity contribution < 1.29 is 14.3 Å². The fraction of sp³-hybridized carbons (Fsp3) is 0.250. The number of carbonyl (C=O) groups is 1. The summed E-state index contributed by atoms with van der Waals surface area (Å²) in [7, 11) is 1.54. The highest BCUT2D eigenvalue weighted by molar-refractivity contribution is 7.80. The van der Waals surface area contributed by atoms with Gasteiger partial charge in [-0.2, -0.15) is 0 Å². The number of hydrogen-bond donors (Lipinski definition) is 1. The lowest BCUT2D eigenvalue weighted by atomic mass is 10.2. The van der Waals surface area contributed by atoms with Gasteiger partial charge in [0, 0.05) is 10.4 Å². The van der Waals surface area contributed by atoms with E-state index in [1.807, 2.05) is 19.9 Å². The normalized spacial score (nSPS) is 10.1. The molecule has 0 unspecified atom stereocenters. The summed E-state index contributed by atoms with van der Waals surface area (Å²) in [6.07, 6.45) is 0. The largest absolute Gasteiger partial charge is 0.494 e. The van der Waals surface area contributed by atoms with E-state index in [1.54, 1.807) is 24.3 Å². The van der Waals surface area contributed by atoms with Crippen molar-refractivity contribution in [1.29, 1.82) is 0 Å². The number of thiocarbonyl (C=S) groups is 1. The molecule has 116 valence electrons. The van der Waals surface area contributed by atoms with Gasteiger partial charge < -0.3 is 14.8 Å². The van der Waals surface area contributed by atoms with Gasteiger partial charge in [0.1, 0.15) is 5.75 Å². The van der Waals surface area contributed by atoms with Crippen molar-refractivity contribution in [2.75, 3.05) is 19.0 Å². The van der Waals surface area contributed by atoms with Crippen LogP contribution in [0.5, 0.6) is 5.75 Å². The van der Waals surface area contributed by atoms with E-state index in [1.165, 1.54) is 18.4 Å². The van der Waals surface area contributed by atoms with Crippen LogP contribution in [0.15, 0.2) is 30.3 Å². The molecule has 0 atom stereocenters. The summed E-state index contributed by atoms with van der Waals surface area (Å²) in [6, 6.07) is 8.87. The fourth-order valence-corrected chi connectivity index (χ4v) is 2.95. The van der Waals surface area contributed by atoms with E-state index in [9.17, 15) is 4.79 Å². The smallest absolute Gasteiger partial charge is 0.255 e. The number of aryl methyl sites for hydroxylation is 1. The lowest BCUT2D eigenvalue weighted by Gasteiger charge is -2.06. The first-order valence-electron chi connectivity index (χ1n) is 6.78. The van der Waals surface area contributed by atoms with Crippen LogP contribution < -0.4 is 10.1 Å². The summed E-state index contributed by atoms with van der Waals surface area (Å²) in [5.74, 6) is 0.581. The van der Waals surface area contributed by atoms with Gasteiger partial charge in [-0.25, -0.2) is 0 Å². The second kappa shape index (κ2) is 7.38. The Balaban J connectivity index is 2.11. The number of benzene rings is 1. The number of amides is 1. The molecule has 1 aromatic heterocycles. The van der Waals surface area contributed by atoms with Crippen LogP contribution >= 0.6 is 23.6 Å². The third kappa shape index (κ3) is 3.84. The van der Waals surface area contributed by atoms with Crippen LogP contribution in [0, 0.1) is 6.92 Å². The van der Waals surface area contributed by atoms with Gasteiger partial charge in [0.25, 0.3) is 5.91 Å². The average Bonchev–Trinajstić information content (AvgIpc) is 2.88. The molecule has 0 spiro atoms. The maximum Gasteiger partial charge on any atom is 0.255 e. The van der Waals surface area contributed by atoms with Crippen molar-refractivity contribution in [2.24, 2.45) is 0 Å². The lowest BCUT2D eigenvalue weighted by Crippen LogP contribution is -2.11. The van der Waals surface area contributed by atoms with Crippen LogP contribution in [0.3, 0.4) is 0 Å². The van der Waals surface area contributed by atoms with Gasteiger partial charge in [-0.3, -0.25) is 4.79 Å². The molecule has 0 bridgehead atoms. The number of anilines is 1. The highest BCUT2D eigenvalue weighted by atomic mass is 32.1. The highest BCUT2D eigenvalue weighted by Gasteiger charge is 2.13.